The summed E-state index contributed by atoms with van der Waals surface area (Å²) in [6.45, 7) is 1.82. The molecule has 2 fully saturated rings. The SMILES string of the molecule is CN(C)C(=O)C1CCN(c2ccc(Nc3nc4[nH]ccc4c(NC4CC4)[nH+]3)cc2)CC1. The highest BCUT2D eigenvalue weighted by Gasteiger charge is 2.27. The summed E-state index contributed by atoms with van der Waals surface area (Å²) in [5.41, 5.74) is 3.03. The van der Waals surface area contributed by atoms with Gasteiger partial charge >= 0.3 is 5.95 Å². The fourth-order valence-electron chi connectivity index (χ4n) is 4.23. The van der Waals surface area contributed by atoms with E-state index in [9.17, 15) is 4.79 Å². The van der Waals surface area contributed by atoms with Crippen molar-refractivity contribution in [3.8, 4) is 0 Å². The van der Waals surface area contributed by atoms with E-state index in [0.29, 0.717) is 12.0 Å². The third-order valence-corrected chi connectivity index (χ3v) is 6.17. The number of hydrogen-bond donors (Lipinski definition) is 3. The highest BCUT2D eigenvalue weighted by atomic mass is 16.2. The Labute approximate surface area is 182 Å². The van der Waals surface area contributed by atoms with E-state index in [4.69, 9.17) is 0 Å². The predicted molar refractivity (Wildman–Crippen MR) is 123 cm³/mol. The zero-order valence-corrected chi connectivity index (χ0v) is 18.1. The molecule has 0 unspecified atom stereocenters. The Bertz CT molecular complexity index is 1060. The minimum atomic E-state index is 0.148. The van der Waals surface area contributed by atoms with Crippen LogP contribution in [-0.4, -0.2) is 54.0 Å². The lowest BCUT2D eigenvalue weighted by Gasteiger charge is -2.34. The number of hydrogen-bond acceptors (Lipinski definition) is 5. The largest absolute Gasteiger partial charge is 0.371 e. The number of carbonyl (C=O) groups excluding carboxylic acids is 1. The summed E-state index contributed by atoms with van der Waals surface area (Å²) in [5.74, 6) is 2.10. The normalized spacial score (nSPS) is 17.0. The third kappa shape index (κ3) is 4.28. The predicted octanol–water partition coefficient (Wildman–Crippen LogP) is 3.00. The lowest BCUT2D eigenvalue weighted by atomic mass is 9.95. The number of fused-ring (bicyclic) bond motifs is 1. The van der Waals surface area contributed by atoms with Crippen molar-refractivity contribution < 1.29 is 9.78 Å². The molecule has 1 saturated carbocycles. The van der Waals surface area contributed by atoms with Crippen LogP contribution in [0.4, 0.5) is 23.1 Å². The number of anilines is 4. The Kier molecular flexibility index (Phi) is 5.13. The van der Waals surface area contributed by atoms with E-state index in [1.165, 1.54) is 18.5 Å². The second kappa shape index (κ2) is 8.09. The molecule has 1 amide bonds. The Hall–Kier alpha value is -3.29. The van der Waals surface area contributed by atoms with Crippen LogP contribution >= 0.6 is 0 Å². The van der Waals surface area contributed by atoms with E-state index >= 15 is 0 Å². The smallest absolute Gasteiger partial charge is 0.351 e. The summed E-state index contributed by atoms with van der Waals surface area (Å²) in [6.07, 6.45) is 6.16. The molecule has 8 heteroatoms. The number of rotatable bonds is 6. The Morgan fingerprint density at radius 1 is 1.13 bits per heavy atom. The van der Waals surface area contributed by atoms with Crippen LogP contribution in [0.25, 0.3) is 11.0 Å². The van der Waals surface area contributed by atoms with Crippen LogP contribution in [0.5, 0.6) is 0 Å². The molecule has 1 aliphatic heterocycles. The van der Waals surface area contributed by atoms with Crippen molar-refractivity contribution in [3.63, 3.8) is 0 Å². The molecule has 5 rings (SSSR count). The number of aromatic amines is 2. The summed E-state index contributed by atoms with van der Waals surface area (Å²) in [6, 6.07) is 11.0. The minimum absolute atomic E-state index is 0.148. The molecular weight excluding hydrogens is 390 g/mol. The first-order chi connectivity index (χ1) is 15.1. The Morgan fingerprint density at radius 3 is 2.55 bits per heavy atom. The van der Waals surface area contributed by atoms with E-state index in [2.05, 4.69) is 54.8 Å². The maximum absolute atomic E-state index is 12.2. The van der Waals surface area contributed by atoms with Gasteiger partial charge in [0.25, 0.3) is 0 Å². The van der Waals surface area contributed by atoms with Crippen LogP contribution in [0.3, 0.4) is 0 Å². The first kappa shape index (κ1) is 19.7. The van der Waals surface area contributed by atoms with E-state index < -0.39 is 0 Å². The van der Waals surface area contributed by atoms with Crippen molar-refractivity contribution >= 4 is 40.1 Å². The van der Waals surface area contributed by atoms with E-state index in [-0.39, 0.29) is 11.8 Å². The molecule has 0 radical (unpaired) electrons. The Morgan fingerprint density at radius 2 is 1.87 bits per heavy atom. The van der Waals surface area contributed by atoms with E-state index in [1.807, 2.05) is 26.4 Å². The number of piperidine rings is 1. The molecule has 8 nitrogen and oxygen atoms in total. The molecular formula is C23H30N7O+. The van der Waals surface area contributed by atoms with Gasteiger partial charge in [0.1, 0.15) is 0 Å². The zero-order valence-electron chi connectivity index (χ0n) is 18.1. The quantitative estimate of drug-likeness (QED) is 0.570. The molecule has 31 heavy (non-hydrogen) atoms. The molecule has 3 heterocycles. The van der Waals surface area contributed by atoms with Crippen LogP contribution in [-0.2, 0) is 4.79 Å². The molecule has 1 saturated heterocycles. The maximum atomic E-state index is 12.2. The molecule has 1 aliphatic carbocycles. The molecule has 0 atom stereocenters. The monoisotopic (exact) mass is 420 g/mol. The van der Waals surface area contributed by atoms with Crippen molar-refractivity contribution in [2.75, 3.05) is 42.7 Å². The van der Waals surface area contributed by atoms with Crippen LogP contribution in [0.15, 0.2) is 36.5 Å². The van der Waals surface area contributed by atoms with Crippen LogP contribution in [0.2, 0.25) is 0 Å². The summed E-state index contributed by atoms with van der Waals surface area (Å²) < 4.78 is 0. The van der Waals surface area contributed by atoms with Crippen molar-refractivity contribution in [1.82, 2.24) is 14.9 Å². The zero-order chi connectivity index (χ0) is 21.4. The van der Waals surface area contributed by atoms with Gasteiger partial charge in [-0.15, -0.1) is 0 Å². The average Bonchev–Trinajstić information content (AvgIpc) is 3.47. The molecule has 4 N–H and O–H groups in total. The molecule has 0 spiro atoms. The van der Waals surface area contributed by atoms with Crippen LogP contribution in [0.1, 0.15) is 25.7 Å². The standard InChI is InChI=1S/C23H29N7O/c1-29(2)22(31)15-10-13-30(14-11-15)18-7-5-17(6-8-18)26-23-27-20-19(9-12-24-20)21(28-23)25-16-3-4-16/h5-9,12,15-16H,3-4,10-11,13-14H2,1-2H3,(H3,24,25,26,27,28)/p+1. The summed E-state index contributed by atoms with van der Waals surface area (Å²) >= 11 is 0. The summed E-state index contributed by atoms with van der Waals surface area (Å²) in [4.78, 5) is 27.5. The number of aromatic nitrogens is 3. The van der Waals surface area contributed by atoms with Crippen LogP contribution in [0, 0.1) is 5.92 Å². The maximum Gasteiger partial charge on any atom is 0.351 e. The van der Waals surface area contributed by atoms with Gasteiger partial charge in [0, 0.05) is 45.0 Å². The fraction of sp³-hybridized carbons (Fsp3) is 0.435. The van der Waals surface area contributed by atoms with Gasteiger partial charge in [-0.25, -0.2) is 4.98 Å². The highest BCUT2D eigenvalue weighted by molar-refractivity contribution is 5.86. The topological polar surface area (TPSA) is 90.4 Å². The number of nitrogens with one attached hydrogen (secondary N) is 4. The number of H-pyrrole nitrogens is 2. The lowest BCUT2D eigenvalue weighted by molar-refractivity contribution is -0.345. The fourth-order valence-corrected chi connectivity index (χ4v) is 4.23. The van der Waals surface area contributed by atoms with Gasteiger partial charge in [0.2, 0.25) is 17.4 Å². The average molecular weight is 421 g/mol. The number of amides is 1. The van der Waals surface area contributed by atoms with Gasteiger partial charge in [0.15, 0.2) is 0 Å². The van der Waals surface area contributed by atoms with Gasteiger partial charge in [-0.05, 0) is 56.0 Å². The molecule has 2 aromatic heterocycles. The second-order valence-electron chi connectivity index (χ2n) is 8.78. The van der Waals surface area contributed by atoms with Gasteiger partial charge in [-0.3, -0.25) is 10.1 Å². The van der Waals surface area contributed by atoms with Crippen molar-refractivity contribution in [2.24, 2.45) is 5.92 Å². The number of benzene rings is 1. The van der Waals surface area contributed by atoms with Crippen molar-refractivity contribution in [1.29, 1.82) is 0 Å². The molecule has 3 aromatic rings. The van der Waals surface area contributed by atoms with E-state index in [0.717, 1.165) is 48.5 Å². The molecule has 1 aromatic carbocycles. The van der Waals surface area contributed by atoms with Gasteiger partial charge < -0.3 is 20.1 Å². The number of nitrogens with zero attached hydrogens (tertiary/aromatic N) is 3. The van der Waals surface area contributed by atoms with Gasteiger partial charge in [-0.2, -0.15) is 0 Å². The molecule has 2 aliphatic rings. The second-order valence-corrected chi connectivity index (χ2v) is 8.78. The molecule has 162 valence electrons. The summed E-state index contributed by atoms with van der Waals surface area (Å²) in [5, 5.41) is 8.01. The van der Waals surface area contributed by atoms with Crippen molar-refractivity contribution in [3.05, 3.63) is 36.5 Å². The van der Waals surface area contributed by atoms with E-state index in [1.54, 1.807) is 4.90 Å². The first-order valence-electron chi connectivity index (χ1n) is 11.1. The summed E-state index contributed by atoms with van der Waals surface area (Å²) in [7, 11) is 3.68. The van der Waals surface area contributed by atoms with Crippen molar-refractivity contribution in [2.45, 2.75) is 31.7 Å². The Balaban J connectivity index is 1.25. The molecule has 0 bridgehead atoms. The van der Waals surface area contributed by atoms with Gasteiger partial charge in [-0.1, -0.05) is 4.98 Å². The lowest BCUT2D eigenvalue weighted by Crippen LogP contribution is -2.40. The first-order valence-corrected chi connectivity index (χ1v) is 11.1. The number of carbonyl (C=O) groups is 1. The van der Waals surface area contributed by atoms with Crippen LogP contribution < -0.4 is 20.5 Å². The third-order valence-electron chi connectivity index (χ3n) is 6.17. The minimum Gasteiger partial charge on any atom is -0.371 e. The highest BCUT2D eigenvalue weighted by Crippen LogP contribution is 2.28. The van der Waals surface area contributed by atoms with Gasteiger partial charge in [0.05, 0.1) is 17.1 Å².